The van der Waals surface area contributed by atoms with Gasteiger partial charge in [0, 0.05) is 6.10 Å². The molecule has 0 aromatic heterocycles. The van der Waals surface area contributed by atoms with Crippen molar-refractivity contribution in [2.45, 2.75) is 58.2 Å². The predicted molar refractivity (Wildman–Crippen MR) is 69.0 cm³/mol. The van der Waals surface area contributed by atoms with Gasteiger partial charge in [-0.05, 0) is 13.3 Å². The van der Waals surface area contributed by atoms with E-state index in [0.717, 1.165) is 24.8 Å². The second kappa shape index (κ2) is 6.69. The van der Waals surface area contributed by atoms with Gasteiger partial charge in [-0.1, -0.05) is 43.4 Å². The van der Waals surface area contributed by atoms with Crippen LogP contribution in [0, 0.1) is 12.3 Å². The van der Waals surface area contributed by atoms with E-state index in [4.69, 9.17) is 4.18 Å². The Morgan fingerprint density at radius 1 is 1.42 bits per heavy atom. The quantitative estimate of drug-likeness (QED) is 0.416. The zero-order valence-corrected chi connectivity index (χ0v) is 12.7. The van der Waals surface area contributed by atoms with Crippen LogP contribution in [0.2, 0.25) is 0 Å². The summed E-state index contributed by atoms with van der Waals surface area (Å²) >= 11 is 0. The third-order valence-corrected chi connectivity index (χ3v) is 5.27. The van der Waals surface area contributed by atoms with Crippen LogP contribution < -0.4 is 18.9 Å². The van der Waals surface area contributed by atoms with Gasteiger partial charge in [-0.25, -0.2) is 14.8 Å². The second-order valence-electron chi connectivity index (χ2n) is 5.26. The molecule has 0 saturated heterocycles. The van der Waals surface area contributed by atoms with Crippen molar-refractivity contribution < 1.29 is 36.6 Å². The normalized spacial score (nSPS) is 33.1. The Hall–Kier alpha value is 0.0774. The van der Waals surface area contributed by atoms with Gasteiger partial charge in [0.15, 0.2) is 0 Å². The van der Waals surface area contributed by atoms with E-state index in [9.17, 15) is 13.5 Å². The minimum Gasteiger partial charge on any atom is -0.395 e. The molecule has 0 saturated carbocycles. The second-order valence-corrected chi connectivity index (χ2v) is 6.85. The van der Waals surface area contributed by atoms with E-state index in [1.807, 2.05) is 6.42 Å². The molecule has 2 aliphatic rings. The van der Waals surface area contributed by atoms with Gasteiger partial charge in [-0.15, -0.1) is 0 Å². The van der Waals surface area contributed by atoms with Gasteiger partial charge >= 0.3 is 18.9 Å². The van der Waals surface area contributed by atoms with E-state index in [-0.39, 0.29) is 37.3 Å². The van der Waals surface area contributed by atoms with E-state index < -0.39 is 16.2 Å². The Morgan fingerprint density at radius 3 is 2.74 bits per heavy atom. The zero-order valence-electron chi connectivity index (χ0n) is 11.9. The molecule has 1 heterocycles. The molecule has 1 aliphatic heterocycles. The molecule has 0 radical (unpaired) electrons. The van der Waals surface area contributed by atoms with E-state index >= 15 is 0 Å². The summed E-state index contributed by atoms with van der Waals surface area (Å²) in [4.78, 5) is 0.292. The summed E-state index contributed by atoms with van der Waals surface area (Å²) < 4.78 is 28.8. The van der Waals surface area contributed by atoms with Crippen molar-refractivity contribution in [1.29, 1.82) is 0 Å². The third-order valence-electron chi connectivity index (χ3n) is 3.65. The minimum atomic E-state index is -3.62. The van der Waals surface area contributed by atoms with E-state index in [0.29, 0.717) is 11.3 Å². The zero-order chi connectivity index (χ0) is 13.3. The van der Waals surface area contributed by atoms with Crippen molar-refractivity contribution in [2.75, 3.05) is 0 Å². The van der Waals surface area contributed by atoms with E-state index in [2.05, 4.69) is 6.92 Å². The Morgan fingerprint density at radius 2 is 2.11 bits per heavy atom. The first-order valence-corrected chi connectivity index (χ1v) is 8.03. The summed E-state index contributed by atoms with van der Waals surface area (Å²) in [5, 5.41) is 10.0. The fourth-order valence-corrected chi connectivity index (χ4v) is 4.18. The first-order valence-electron chi connectivity index (χ1n) is 6.62. The molecular weight excluding hydrogens is 259 g/mol. The van der Waals surface area contributed by atoms with E-state index in [1.165, 1.54) is 0 Å². The molecular formula is C13H21LiO4S. The van der Waals surface area contributed by atoms with Gasteiger partial charge in [0.25, 0.3) is 0 Å². The number of aliphatic hydroxyl groups excluding tert-OH is 1. The molecule has 4 nitrogen and oxygen atoms in total. The maximum atomic E-state index is 11.9. The number of hydrogen-bond donors (Lipinski definition) is 1. The Balaban J connectivity index is 0.00000180. The van der Waals surface area contributed by atoms with Crippen LogP contribution in [-0.4, -0.2) is 25.7 Å². The van der Waals surface area contributed by atoms with Crippen molar-refractivity contribution in [2.24, 2.45) is 5.92 Å². The maximum absolute atomic E-state index is 11.9. The Labute approximate surface area is 127 Å². The SMILES string of the molecule is CCCC[C@@H]1[CH-]C2=C(C[C@@H]1O)S(=O)(=O)O[C@H](C)C2.[Li+]. The van der Waals surface area contributed by atoms with Gasteiger partial charge in [0.2, 0.25) is 10.1 Å². The first kappa shape index (κ1) is 17.1. The fraction of sp³-hybridized carbons (Fsp3) is 0.769. The largest absolute Gasteiger partial charge is 1.00 e. The van der Waals surface area contributed by atoms with Gasteiger partial charge in [-0.2, -0.15) is 5.57 Å². The number of rotatable bonds is 3. The topological polar surface area (TPSA) is 63.6 Å². The van der Waals surface area contributed by atoms with Crippen molar-refractivity contribution in [3.8, 4) is 0 Å². The number of unbranched alkanes of at least 4 members (excludes halogenated alkanes) is 1. The summed E-state index contributed by atoms with van der Waals surface area (Å²) in [7, 11) is -3.62. The van der Waals surface area contributed by atoms with Gasteiger partial charge in [-0.3, -0.25) is 4.18 Å². The standard InChI is InChI=1S/C13H21O4S.Li/c1-3-4-5-10-7-11-6-9(2)17-18(15,16)13(11)8-12(10)14;/h7,9-10,12,14H,3-6,8H2,1-2H3;/q-1;+1/t9-,10-,12+;/m1./s1. The molecule has 1 N–H and O–H groups in total. The molecule has 1 aliphatic carbocycles. The molecule has 0 unspecified atom stereocenters. The summed E-state index contributed by atoms with van der Waals surface area (Å²) in [6.45, 7) is 3.88. The molecule has 6 heteroatoms. The summed E-state index contributed by atoms with van der Waals surface area (Å²) in [5.41, 5.74) is 0.861. The number of aliphatic hydroxyl groups is 1. The van der Waals surface area contributed by atoms with Crippen LogP contribution >= 0.6 is 0 Å². The van der Waals surface area contributed by atoms with Gasteiger partial charge in [0.1, 0.15) is 0 Å². The van der Waals surface area contributed by atoms with Crippen molar-refractivity contribution >= 4 is 10.1 Å². The predicted octanol–water partition coefficient (Wildman–Crippen LogP) is -0.842. The minimum absolute atomic E-state index is 0. The van der Waals surface area contributed by atoms with Crippen molar-refractivity contribution in [1.82, 2.24) is 0 Å². The molecule has 0 amide bonds. The van der Waals surface area contributed by atoms with Crippen molar-refractivity contribution in [3.63, 3.8) is 0 Å². The molecule has 2 rings (SSSR count). The molecule has 3 atom stereocenters. The smallest absolute Gasteiger partial charge is 0.395 e. The molecule has 0 spiro atoms. The molecule has 19 heavy (non-hydrogen) atoms. The fourth-order valence-electron chi connectivity index (χ4n) is 2.71. The van der Waals surface area contributed by atoms with Crippen LogP contribution in [0.15, 0.2) is 10.5 Å². The molecule has 0 bridgehead atoms. The molecule has 0 aromatic rings. The molecule has 0 fully saturated rings. The Kier molecular flexibility index (Phi) is 6.03. The van der Waals surface area contributed by atoms with Gasteiger partial charge < -0.3 is 5.11 Å². The maximum Gasteiger partial charge on any atom is 1.00 e. The summed E-state index contributed by atoms with van der Waals surface area (Å²) in [5.74, 6) is 0.0872. The van der Waals surface area contributed by atoms with E-state index in [1.54, 1.807) is 6.92 Å². The van der Waals surface area contributed by atoms with Crippen LogP contribution in [0.4, 0.5) is 0 Å². The average Bonchev–Trinajstić information content (AvgIpc) is 2.27. The first-order chi connectivity index (χ1) is 8.44. The van der Waals surface area contributed by atoms with Gasteiger partial charge in [0.05, 0.1) is 6.10 Å². The summed E-state index contributed by atoms with van der Waals surface area (Å²) in [6.07, 6.45) is 4.95. The number of hydrogen-bond acceptors (Lipinski definition) is 4. The summed E-state index contributed by atoms with van der Waals surface area (Å²) in [6, 6.07) is 0. The van der Waals surface area contributed by atoms with Crippen LogP contribution in [0.25, 0.3) is 0 Å². The molecule has 0 aromatic carbocycles. The monoisotopic (exact) mass is 280 g/mol. The Bertz CT molecular complexity index is 444. The van der Waals surface area contributed by atoms with Crippen LogP contribution in [0.1, 0.15) is 46.0 Å². The van der Waals surface area contributed by atoms with Crippen molar-refractivity contribution in [3.05, 3.63) is 16.9 Å². The third kappa shape index (κ3) is 3.80. The van der Waals surface area contributed by atoms with Crippen LogP contribution in [-0.2, 0) is 14.3 Å². The average molecular weight is 280 g/mol. The van der Waals surface area contributed by atoms with Crippen LogP contribution in [0.3, 0.4) is 0 Å². The van der Waals surface area contributed by atoms with Crippen LogP contribution in [0.5, 0.6) is 0 Å². The molecule has 104 valence electrons.